The highest BCUT2D eigenvalue weighted by atomic mass is 19.1. The number of halogens is 1. The molecule has 6 rings (SSSR count). The van der Waals surface area contributed by atoms with Gasteiger partial charge in [-0.1, -0.05) is 47.6 Å². The van der Waals surface area contributed by atoms with E-state index in [1.165, 1.54) is 17.2 Å². The third-order valence-electron chi connectivity index (χ3n) is 7.69. The number of carbonyl (C=O) groups is 1. The van der Waals surface area contributed by atoms with Gasteiger partial charge in [-0.3, -0.25) is 4.79 Å². The van der Waals surface area contributed by atoms with E-state index in [-0.39, 0.29) is 23.9 Å². The number of aromatic nitrogens is 2. The van der Waals surface area contributed by atoms with Crippen LogP contribution in [0.25, 0.3) is 34.0 Å². The summed E-state index contributed by atoms with van der Waals surface area (Å²) in [5.41, 5.74) is 6.32. The molecule has 0 saturated heterocycles. The van der Waals surface area contributed by atoms with Gasteiger partial charge in [0.1, 0.15) is 5.82 Å². The van der Waals surface area contributed by atoms with E-state index >= 15 is 4.39 Å². The second-order valence-corrected chi connectivity index (χ2v) is 10.2. The lowest BCUT2D eigenvalue weighted by molar-refractivity contribution is -0.145. The third-order valence-corrected chi connectivity index (χ3v) is 7.69. The predicted octanol–water partition coefficient (Wildman–Crippen LogP) is 6.35. The molecule has 1 saturated carbocycles. The van der Waals surface area contributed by atoms with Gasteiger partial charge in [-0.05, 0) is 85.0 Å². The van der Waals surface area contributed by atoms with Crippen molar-refractivity contribution in [2.75, 3.05) is 0 Å². The Morgan fingerprint density at radius 1 is 1.05 bits per heavy atom. The maximum Gasteiger partial charge on any atom is 0.306 e. The number of benzene rings is 3. The van der Waals surface area contributed by atoms with Gasteiger partial charge in [-0.25, -0.2) is 4.39 Å². The summed E-state index contributed by atoms with van der Waals surface area (Å²) in [6.45, 7) is 1.95. The van der Waals surface area contributed by atoms with Gasteiger partial charge in [-0.15, -0.1) is 0 Å². The molecule has 0 bridgehead atoms. The van der Waals surface area contributed by atoms with Gasteiger partial charge < -0.3 is 14.9 Å². The molecule has 37 heavy (non-hydrogen) atoms. The largest absolute Gasteiger partial charge is 0.481 e. The smallest absolute Gasteiger partial charge is 0.306 e. The number of hydrogen-bond acceptors (Lipinski definition) is 5. The van der Waals surface area contributed by atoms with Crippen molar-refractivity contribution in [1.29, 1.82) is 0 Å². The monoisotopic (exact) mass is 497 g/mol. The Bertz CT molecular complexity index is 1460. The van der Waals surface area contributed by atoms with Crippen molar-refractivity contribution in [3.8, 4) is 34.0 Å². The second kappa shape index (κ2) is 9.56. The van der Waals surface area contributed by atoms with Crippen LogP contribution in [-0.2, 0) is 11.2 Å². The summed E-state index contributed by atoms with van der Waals surface area (Å²) >= 11 is 0. The van der Waals surface area contributed by atoms with E-state index in [4.69, 9.17) is 9.63 Å². The Labute approximate surface area is 214 Å². The molecule has 0 amide bonds. The Morgan fingerprint density at radius 3 is 2.65 bits per heavy atom. The van der Waals surface area contributed by atoms with Gasteiger partial charge in [0.2, 0.25) is 5.82 Å². The number of rotatable bonds is 6. The zero-order chi connectivity index (χ0) is 25.5. The van der Waals surface area contributed by atoms with Crippen LogP contribution in [0.1, 0.15) is 48.4 Å². The van der Waals surface area contributed by atoms with Crippen molar-refractivity contribution in [3.05, 3.63) is 83.2 Å². The van der Waals surface area contributed by atoms with Gasteiger partial charge in [-0.2, -0.15) is 4.98 Å². The summed E-state index contributed by atoms with van der Waals surface area (Å²) in [4.78, 5) is 15.7. The lowest BCUT2D eigenvalue weighted by atomic mass is 9.78. The fourth-order valence-corrected chi connectivity index (χ4v) is 5.59. The minimum Gasteiger partial charge on any atom is -0.481 e. The van der Waals surface area contributed by atoms with E-state index in [1.807, 2.05) is 43.3 Å². The average Bonchev–Trinajstić information content (AvgIpc) is 3.37. The van der Waals surface area contributed by atoms with Crippen molar-refractivity contribution in [2.45, 2.75) is 51.1 Å². The highest BCUT2D eigenvalue weighted by molar-refractivity contribution is 5.72. The quantitative estimate of drug-likeness (QED) is 0.323. The second-order valence-electron chi connectivity index (χ2n) is 10.2. The molecule has 4 aromatic rings. The van der Waals surface area contributed by atoms with E-state index in [0.717, 1.165) is 41.5 Å². The molecular formula is C30H28FN3O3. The predicted molar refractivity (Wildman–Crippen MR) is 138 cm³/mol. The van der Waals surface area contributed by atoms with Crippen molar-refractivity contribution in [2.24, 2.45) is 5.92 Å². The maximum absolute atomic E-state index is 15.1. The molecular weight excluding hydrogens is 469 g/mol. The maximum atomic E-state index is 15.1. The molecule has 0 radical (unpaired) electrons. The fourth-order valence-electron chi connectivity index (χ4n) is 5.59. The molecule has 3 aromatic carbocycles. The molecule has 2 aliphatic rings. The van der Waals surface area contributed by atoms with E-state index in [0.29, 0.717) is 24.2 Å². The number of hydrogen-bond donors (Lipinski definition) is 2. The zero-order valence-electron chi connectivity index (χ0n) is 20.6. The van der Waals surface area contributed by atoms with Crippen LogP contribution in [0.15, 0.2) is 65.2 Å². The van der Waals surface area contributed by atoms with Crippen LogP contribution in [-0.4, -0.2) is 27.3 Å². The summed E-state index contributed by atoms with van der Waals surface area (Å²) in [5, 5.41) is 17.0. The van der Waals surface area contributed by atoms with E-state index in [2.05, 4.69) is 27.6 Å². The number of fused-ring (bicyclic) bond motifs is 1. The molecule has 2 N–H and O–H groups in total. The van der Waals surface area contributed by atoms with Gasteiger partial charge in [0, 0.05) is 17.6 Å². The fraction of sp³-hybridized carbons (Fsp3) is 0.300. The van der Waals surface area contributed by atoms with E-state index in [9.17, 15) is 4.79 Å². The highest BCUT2D eigenvalue weighted by Crippen LogP contribution is 2.37. The molecule has 1 heterocycles. The minimum atomic E-state index is -0.701. The first-order chi connectivity index (χ1) is 18.0. The Balaban J connectivity index is 1.22. The first kappa shape index (κ1) is 23.6. The van der Waals surface area contributed by atoms with Crippen molar-refractivity contribution in [1.82, 2.24) is 15.5 Å². The highest BCUT2D eigenvalue weighted by Gasteiger charge is 2.36. The first-order valence-electron chi connectivity index (χ1n) is 12.8. The number of nitrogens with zero attached hydrogens (tertiary/aromatic N) is 2. The number of carboxylic acid groups (broad SMARTS) is 1. The van der Waals surface area contributed by atoms with Crippen LogP contribution in [0, 0.1) is 18.7 Å². The van der Waals surface area contributed by atoms with Gasteiger partial charge in [0.05, 0.1) is 11.5 Å². The third kappa shape index (κ3) is 4.55. The summed E-state index contributed by atoms with van der Waals surface area (Å²) in [5.74, 6) is -0.738. The first-order valence-corrected chi connectivity index (χ1v) is 12.8. The molecule has 1 atom stereocenters. The average molecular weight is 498 g/mol. The van der Waals surface area contributed by atoms with Crippen LogP contribution in [0.2, 0.25) is 0 Å². The van der Waals surface area contributed by atoms with Crippen LogP contribution < -0.4 is 5.32 Å². The van der Waals surface area contributed by atoms with Crippen LogP contribution >= 0.6 is 0 Å². The van der Waals surface area contributed by atoms with Crippen molar-refractivity contribution < 1.29 is 18.8 Å². The summed E-state index contributed by atoms with van der Waals surface area (Å²) < 4.78 is 20.6. The van der Waals surface area contributed by atoms with Crippen molar-refractivity contribution >= 4 is 5.97 Å². The summed E-state index contributed by atoms with van der Waals surface area (Å²) in [6.07, 6.45) is 4.42. The van der Waals surface area contributed by atoms with E-state index in [1.54, 1.807) is 6.07 Å². The minimum absolute atomic E-state index is 0.158. The molecule has 6 nitrogen and oxygen atoms in total. The number of nitrogens with one attached hydrogen (secondary N) is 1. The lowest BCUT2D eigenvalue weighted by Crippen LogP contribution is -2.46. The van der Waals surface area contributed by atoms with Crippen LogP contribution in [0.3, 0.4) is 0 Å². The number of aryl methyl sites for hydroxylation is 2. The molecule has 7 heteroatoms. The molecule has 1 fully saturated rings. The van der Waals surface area contributed by atoms with Gasteiger partial charge >= 0.3 is 5.97 Å². The van der Waals surface area contributed by atoms with E-state index < -0.39 is 11.8 Å². The molecule has 0 spiro atoms. The summed E-state index contributed by atoms with van der Waals surface area (Å²) in [7, 11) is 0. The summed E-state index contributed by atoms with van der Waals surface area (Å²) in [6, 6.07) is 19.7. The zero-order valence-corrected chi connectivity index (χ0v) is 20.6. The van der Waals surface area contributed by atoms with Crippen LogP contribution in [0.5, 0.6) is 0 Å². The molecule has 2 aliphatic carbocycles. The topological polar surface area (TPSA) is 88.2 Å². The Hall–Kier alpha value is -3.84. The SMILES string of the molecule is Cc1cc(-c2nc(-c3ccc4c(c3)CCCC4N[C@H]3C[C@H](C(=O)O)C3)no2)c(F)cc1-c1ccccc1. The van der Waals surface area contributed by atoms with Crippen LogP contribution in [0.4, 0.5) is 4.39 Å². The molecule has 1 unspecified atom stereocenters. The molecule has 188 valence electrons. The molecule has 0 aliphatic heterocycles. The number of aliphatic carboxylic acids is 1. The standard InChI is InChI=1S/C30H28FN3O3/c1-17-12-25(26(31)16-24(17)18-6-3-2-4-7-18)29-33-28(34-37-29)20-10-11-23-19(13-20)8-5-9-27(23)32-22-14-21(15-22)30(35)36/h2-4,6-7,10-13,16,21-22,27,32H,5,8-9,14-15H2,1H3,(H,35,36)/t21-,22-,27?. The Morgan fingerprint density at radius 2 is 1.86 bits per heavy atom. The van der Waals surface area contributed by atoms with Gasteiger partial charge in [0.15, 0.2) is 0 Å². The van der Waals surface area contributed by atoms with Crippen molar-refractivity contribution in [3.63, 3.8) is 0 Å². The lowest BCUT2D eigenvalue weighted by Gasteiger charge is -2.38. The number of carboxylic acids is 1. The molecule has 1 aromatic heterocycles. The Kier molecular flexibility index (Phi) is 6.08. The normalized spacial score (nSPS) is 20.8. The van der Waals surface area contributed by atoms with Gasteiger partial charge in [0.25, 0.3) is 5.89 Å².